The Morgan fingerprint density at radius 1 is 1.15 bits per heavy atom. The Kier molecular flexibility index (Phi) is 5.91. The maximum atomic E-state index is 13.5. The maximum absolute atomic E-state index is 13.5. The van der Waals surface area contributed by atoms with Crippen LogP contribution in [-0.4, -0.2) is 28.5 Å². The number of alkyl halides is 3. The van der Waals surface area contributed by atoms with Crippen molar-refractivity contribution in [1.82, 2.24) is 0 Å². The first-order chi connectivity index (χ1) is 12.8. The van der Waals surface area contributed by atoms with E-state index in [0.29, 0.717) is 19.3 Å². The second-order valence-corrected chi connectivity index (χ2v) is 8.18. The molecule has 3 unspecified atom stereocenters. The molecule has 1 fully saturated rings. The predicted octanol–water partition coefficient (Wildman–Crippen LogP) is 5.11. The molecule has 0 bridgehead atoms. The van der Waals surface area contributed by atoms with Crippen LogP contribution in [0.25, 0.3) is 0 Å². The van der Waals surface area contributed by atoms with Gasteiger partial charge in [-0.25, -0.2) is 4.79 Å². The van der Waals surface area contributed by atoms with Crippen molar-refractivity contribution in [3.8, 4) is 0 Å². The van der Waals surface area contributed by atoms with Crippen LogP contribution in [-0.2, 0) is 6.42 Å². The summed E-state index contributed by atoms with van der Waals surface area (Å²) in [6.07, 6.45) is -4.22. The Hall–Kier alpha value is -1.86. The number of thiophene rings is 1. The van der Waals surface area contributed by atoms with Crippen LogP contribution in [0, 0.1) is 11.8 Å². The van der Waals surface area contributed by atoms with E-state index in [2.05, 4.69) is 0 Å². The van der Waals surface area contributed by atoms with Crippen LogP contribution >= 0.6 is 11.3 Å². The summed E-state index contributed by atoms with van der Waals surface area (Å²) in [6, 6.07) is 12.1. The van der Waals surface area contributed by atoms with Gasteiger partial charge in [0.25, 0.3) is 0 Å². The first kappa shape index (κ1) is 19.9. The topological polar surface area (TPSA) is 57.5 Å². The van der Waals surface area contributed by atoms with Crippen molar-refractivity contribution in [1.29, 1.82) is 0 Å². The lowest BCUT2D eigenvalue weighted by molar-refractivity contribution is -0.185. The van der Waals surface area contributed by atoms with Crippen LogP contribution in [0.5, 0.6) is 0 Å². The van der Waals surface area contributed by atoms with E-state index in [1.54, 1.807) is 36.4 Å². The van der Waals surface area contributed by atoms with Gasteiger partial charge in [0, 0.05) is 10.8 Å². The van der Waals surface area contributed by atoms with Crippen LogP contribution in [0.15, 0.2) is 42.5 Å². The molecule has 146 valence electrons. The fraction of sp³-hybridized carbons (Fsp3) is 0.450. The minimum Gasteiger partial charge on any atom is -0.477 e. The largest absolute Gasteiger partial charge is 0.477 e. The van der Waals surface area contributed by atoms with E-state index in [1.807, 2.05) is 0 Å². The van der Waals surface area contributed by atoms with Gasteiger partial charge in [-0.2, -0.15) is 13.2 Å². The summed E-state index contributed by atoms with van der Waals surface area (Å²) >= 11 is 1.16. The molecule has 7 heteroatoms. The SMILES string of the molecule is O=C(O)c1ccc(CCC[C@H]2C(c3ccccc3)C(O)CC2C(F)(F)F)s1. The summed E-state index contributed by atoms with van der Waals surface area (Å²) in [5, 5.41) is 19.3. The van der Waals surface area contributed by atoms with Gasteiger partial charge >= 0.3 is 12.1 Å². The number of carbonyl (C=O) groups is 1. The first-order valence-electron chi connectivity index (χ1n) is 8.89. The summed E-state index contributed by atoms with van der Waals surface area (Å²) in [4.78, 5) is 12.0. The van der Waals surface area contributed by atoms with E-state index in [4.69, 9.17) is 5.11 Å². The highest BCUT2D eigenvalue weighted by atomic mass is 32.1. The fourth-order valence-corrected chi connectivity index (χ4v) is 5.05. The van der Waals surface area contributed by atoms with Crippen LogP contribution < -0.4 is 0 Å². The normalized spacial score (nSPS) is 25.6. The summed E-state index contributed by atoms with van der Waals surface area (Å²) in [6.45, 7) is 0. The molecule has 3 rings (SSSR count). The van der Waals surface area contributed by atoms with Gasteiger partial charge < -0.3 is 10.2 Å². The highest BCUT2D eigenvalue weighted by Gasteiger charge is 2.54. The highest BCUT2D eigenvalue weighted by molar-refractivity contribution is 7.13. The third-order valence-corrected chi connectivity index (χ3v) is 6.46. The lowest BCUT2D eigenvalue weighted by atomic mass is 9.80. The summed E-state index contributed by atoms with van der Waals surface area (Å²) < 4.78 is 40.6. The molecule has 0 radical (unpaired) electrons. The number of hydrogen-bond donors (Lipinski definition) is 2. The van der Waals surface area contributed by atoms with Crippen molar-refractivity contribution in [2.75, 3.05) is 0 Å². The van der Waals surface area contributed by atoms with Crippen molar-refractivity contribution in [3.63, 3.8) is 0 Å². The van der Waals surface area contributed by atoms with Gasteiger partial charge in [-0.15, -0.1) is 11.3 Å². The van der Waals surface area contributed by atoms with E-state index in [9.17, 15) is 23.1 Å². The van der Waals surface area contributed by atoms with E-state index in [-0.39, 0.29) is 11.3 Å². The molecule has 0 aliphatic heterocycles. The summed E-state index contributed by atoms with van der Waals surface area (Å²) in [7, 11) is 0. The standard InChI is InChI=1S/C20H21F3O3S/c21-20(22,23)15-11-16(24)18(12-5-2-1-3-6-12)14(15)8-4-7-13-9-10-17(27-13)19(25)26/h1-3,5-6,9-10,14-16,18,24H,4,7-8,11H2,(H,25,26)/t14-,15?,16?,18?/m1/s1. The van der Waals surface area contributed by atoms with Crippen LogP contribution in [0.2, 0.25) is 0 Å². The summed E-state index contributed by atoms with van der Waals surface area (Å²) in [5.74, 6) is -3.72. The van der Waals surface area contributed by atoms with Gasteiger partial charge in [0.05, 0.1) is 12.0 Å². The molecule has 1 aliphatic carbocycles. The van der Waals surface area contributed by atoms with Gasteiger partial charge in [-0.3, -0.25) is 0 Å². The predicted molar refractivity (Wildman–Crippen MR) is 97.1 cm³/mol. The number of aliphatic hydroxyl groups excluding tert-OH is 1. The molecule has 1 aromatic heterocycles. The lowest BCUT2D eigenvalue weighted by Gasteiger charge is -2.27. The number of rotatable bonds is 6. The second kappa shape index (κ2) is 8.02. The molecule has 27 heavy (non-hydrogen) atoms. The highest BCUT2D eigenvalue weighted by Crippen LogP contribution is 2.52. The molecule has 4 atom stereocenters. The molecule has 2 aromatic rings. The molecule has 0 spiro atoms. The Morgan fingerprint density at radius 2 is 1.85 bits per heavy atom. The van der Waals surface area contributed by atoms with Crippen molar-refractivity contribution in [3.05, 3.63) is 57.8 Å². The molecule has 0 saturated heterocycles. The zero-order valence-electron chi connectivity index (χ0n) is 14.5. The number of aromatic carboxylic acids is 1. The Bertz CT molecular complexity index is 772. The molecule has 1 saturated carbocycles. The third kappa shape index (κ3) is 4.52. The number of aryl methyl sites for hydroxylation is 1. The van der Waals surface area contributed by atoms with Gasteiger partial charge in [-0.05, 0) is 49.3 Å². The lowest BCUT2D eigenvalue weighted by Crippen LogP contribution is -2.28. The monoisotopic (exact) mass is 398 g/mol. The van der Waals surface area contributed by atoms with Crippen LogP contribution in [0.4, 0.5) is 13.2 Å². The zero-order valence-corrected chi connectivity index (χ0v) is 15.3. The van der Waals surface area contributed by atoms with E-state index >= 15 is 0 Å². The number of carboxylic acids is 1. The molecule has 1 aliphatic rings. The molecule has 1 heterocycles. The number of benzene rings is 1. The smallest absolute Gasteiger partial charge is 0.392 e. The molecular formula is C20H21F3O3S. The Labute approximate surface area is 159 Å². The van der Waals surface area contributed by atoms with Crippen molar-refractivity contribution in [2.24, 2.45) is 11.8 Å². The Morgan fingerprint density at radius 3 is 2.44 bits per heavy atom. The van der Waals surface area contributed by atoms with Gasteiger partial charge in [0.1, 0.15) is 4.88 Å². The number of hydrogen-bond acceptors (Lipinski definition) is 3. The minimum absolute atomic E-state index is 0.233. The number of halogens is 3. The first-order valence-corrected chi connectivity index (χ1v) is 9.70. The maximum Gasteiger partial charge on any atom is 0.392 e. The third-order valence-electron chi connectivity index (χ3n) is 5.33. The number of aliphatic hydroxyl groups is 1. The van der Waals surface area contributed by atoms with Gasteiger partial charge in [-0.1, -0.05) is 30.3 Å². The Balaban J connectivity index is 1.73. The summed E-state index contributed by atoms with van der Waals surface area (Å²) in [5.41, 5.74) is 0.742. The molecule has 3 nitrogen and oxygen atoms in total. The molecule has 2 N–H and O–H groups in total. The molecule has 0 amide bonds. The second-order valence-electron chi connectivity index (χ2n) is 7.01. The minimum atomic E-state index is -4.34. The van der Waals surface area contributed by atoms with Crippen LogP contribution in [0.3, 0.4) is 0 Å². The quantitative estimate of drug-likeness (QED) is 0.711. The van der Waals surface area contributed by atoms with Crippen molar-refractivity contribution < 1.29 is 28.2 Å². The van der Waals surface area contributed by atoms with Gasteiger partial charge in [0.15, 0.2) is 0 Å². The average molecular weight is 398 g/mol. The number of carboxylic acid groups (broad SMARTS) is 1. The fourth-order valence-electron chi connectivity index (χ4n) is 4.16. The average Bonchev–Trinajstić information content (AvgIpc) is 3.20. The van der Waals surface area contributed by atoms with Crippen LogP contribution in [0.1, 0.15) is 45.3 Å². The van der Waals surface area contributed by atoms with E-state index < -0.39 is 36.0 Å². The van der Waals surface area contributed by atoms with Crippen molar-refractivity contribution in [2.45, 2.75) is 43.9 Å². The van der Waals surface area contributed by atoms with E-state index in [0.717, 1.165) is 21.8 Å². The van der Waals surface area contributed by atoms with Crippen molar-refractivity contribution >= 4 is 17.3 Å². The van der Waals surface area contributed by atoms with Gasteiger partial charge in [0.2, 0.25) is 0 Å². The molecular weight excluding hydrogens is 377 g/mol. The van der Waals surface area contributed by atoms with E-state index in [1.165, 1.54) is 6.07 Å². The molecule has 1 aromatic carbocycles. The zero-order chi connectivity index (χ0) is 19.6.